The first kappa shape index (κ1) is 15.3. The Morgan fingerprint density at radius 2 is 1.86 bits per heavy atom. The first-order chi connectivity index (χ1) is 10.5. The summed E-state index contributed by atoms with van der Waals surface area (Å²) in [5.41, 5.74) is 3.41. The van der Waals surface area contributed by atoms with Crippen molar-refractivity contribution in [1.82, 2.24) is 0 Å². The molecule has 110 valence electrons. The van der Waals surface area contributed by atoms with Gasteiger partial charge < -0.3 is 10.4 Å². The fraction of sp³-hybridized carbons (Fsp3) is 0.111. The lowest BCUT2D eigenvalue weighted by Crippen LogP contribution is -2.14. The number of carbonyl (C=O) groups excluding carboxylic acids is 1. The molecule has 1 amide bonds. The smallest absolute Gasteiger partial charge is 0.266 e. The van der Waals surface area contributed by atoms with Gasteiger partial charge in [0.2, 0.25) is 0 Å². The van der Waals surface area contributed by atoms with E-state index in [2.05, 4.69) is 5.32 Å². The molecule has 22 heavy (non-hydrogen) atoms. The van der Waals surface area contributed by atoms with E-state index >= 15 is 0 Å². The fourth-order valence-corrected chi connectivity index (χ4v) is 1.96. The van der Waals surface area contributed by atoms with Crippen molar-refractivity contribution in [1.29, 1.82) is 5.26 Å². The molecule has 0 atom stereocenters. The van der Waals surface area contributed by atoms with E-state index in [1.807, 2.05) is 32.0 Å². The molecule has 2 N–H and O–H groups in total. The monoisotopic (exact) mass is 292 g/mol. The molecule has 4 heteroatoms. The highest BCUT2D eigenvalue weighted by Crippen LogP contribution is 2.19. The number of hydrogen-bond donors (Lipinski definition) is 2. The molecule has 0 saturated carbocycles. The van der Waals surface area contributed by atoms with Gasteiger partial charge in [-0.15, -0.1) is 0 Å². The first-order valence-electron chi connectivity index (χ1n) is 6.79. The summed E-state index contributed by atoms with van der Waals surface area (Å²) in [6, 6.07) is 13.8. The third-order valence-electron chi connectivity index (χ3n) is 3.42. The first-order valence-corrected chi connectivity index (χ1v) is 6.79. The van der Waals surface area contributed by atoms with Crippen molar-refractivity contribution < 1.29 is 9.90 Å². The number of benzene rings is 2. The average molecular weight is 292 g/mol. The predicted octanol–water partition coefficient (Wildman–Crippen LogP) is 3.55. The summed E-state index contributed by atoms with van der Waals surface area (Å²) in [6.07, 6.45) is 1.49. The van der Waals surface area contributed by atoms with E-state index < -0.39 is 5.91 Å². The summed E-state index contributed by atoms with van der Waals surface area (Å²) in [6.45, 7) is 3.88. The zero-order valence-corrected chi connectivity index (χ0v) is 12.4. The van der Waals surface area contributed by atoms with Gasteiger partial charge in [0.05, 0.1) is 0 Å². The number of phenols is 1. The lowest BCUT2D eigenvalue weighted by atomic mass is 10.1. The topological polar surface area (TPSA) is 73.1 Å². The van der Waals surface area contributed by atoms with E-state index in [1.165, 1.54) is 18.2 Å². The molecule has 0 fully saturated rings. The van der Waals surface area contributed by atoms with E-state index in [4.69, 9.17) is 0 Å². The van der Waals surface area contributed by atoms with Gasteiger partial charge in [0.15, 0.2) is 0 Å². The molecule has 2 aromatic carbocycles. The van der Waals surface area contributed by atoms with Gasteiger partial charge in [-0.1, -0.05) is 24.3 Å². The Hall–Kier alpha value is -3.06. The molecule has 0 aliphatic heterocycles. The molecule has 0 saturated heterocycles. The Morgan fingerprint density at radius 3 is 2.50 bits per heavy atom. The number of carbonyl (C=O) groups is 1. The summed E-state index contributed by atoms with van der Waals surface area (Å²) in [4.78, 5) is 12.2. The summed E-state index contributed by atoms with van der Waals surface area (Å²) in [7, 11) is 0. The number of nitrogens with one attached hydrogen (secondary N) is 1. The maximum Gasteiger partial charge on any atom is 0.266 e. The van der Waals surface area contributed by atoms with Crippen LogP contribution in [0.4, 0.5) is 5.69 Å². The van der Waals surface area contributed by atoms with Gasteiger partial charge in [-0.3, -0.25) is 4.79 Å². The van der Waals surface area contributed by atoms with Crippen molar-refractivity contribution in [2.45, 2.75) is 13.8 Å². The van der Waals surface area contributed by atoms with Gasteiger partial charge in [0, 0.05) is 5.69 Å². The SMILES string of the molecule is Cc1cccc(NC(=O)C(C#N)=Cc2ccc(O)cc2)c1C. The second-order valence-corrected chi connectivity index (χ2v) is 4.96. The van der Waals surface area contributed by atoms with Crippen molar-refractivity contribution in [3.05, 3.63) is 64.7 Å². The lowest BCUT2D eigenvalue weighted by Gasteiger charge is -2.09. The van der Waals surface area contributed by atoms with Gasteiger partial charge in [-0.05, 0) is 54.8 Å². The molecule has 0 bridgehead atoms. The molecule has 4 nitrogen and oxygen atoms in total. The Bertz CT molecular complexity index is 769. The second-order valence-electron chi connectivity index (χ2n) is 4.96. The third-order valence-corrected chi connectivity index (χ3v) is 3.42. The Morgan fingerprint density at radius 1 is 1.18 bits per heavy atom. The van der Waals surface area contributed by atoms with Crippen LogP contribution in [0.25, 0.3) is 6.08 Å². The summed E-state index contributed by atoms with van der Waals surface area (Å²) >= 11 is 0. The normalized spacial score (nSPS) is 10.9. The van der Waals surface area contributed by atoms with Crippen LogP contribution in [0.3, 0.4) is 0 Å². The van der Waals surface area contributed by atoms with Crippen LogP contribution >= 0.6 is 0 Å². The number of phenolic OH excluding ortho intramolecular Hbond substituents is 1. The highest BCUT2D eigenvalue weighted by Gasteiger charge is 2.11. The lowest BCUT2D eigenvalue weighted by molar-refractivity contribution is -0.112. The fourth-order valence-electron chi connectivity index (χ4n) is 1.96. The molecule has 0 aliphatic rings. The molecule has 0 aromatic heterocycles. The quantitative estimate of drug-likeness (QED) is 0.671. The maximum absolute atomic E-state index is 12.2. The summed E-state index contributed by atoms with van der Waals surface area (Å²) in [5, 5.41) is 21.2. The van der Waals surface area contributed by atoms with Gasteiger partial charge >= 0.3 is 0 Å². The molecule has 0 aliphatic carbocycles. The van der Waals surface area contributed by atoms with Gasteiger partial charge in [-0.25, -0.2) is 0 Å². The number of anilines is 1. The molecule has 0 unspecified atom stereocenters. The number of hydrogen-bond acceptors (Lipinski definition) is 3. The van der Waals surface area contributed by atoms with Gasteiger partial charge in [0.25, 0.3) is 5.91 Å². The standard InChI is InChI=1S/C18H16N2O2/c1-12-4-3-5-17(13(12)2)20-18(22)15(11-19)10-14-6-8-16(21)9-7-14/h3-10,21H,1-2H3,(H,20,22). The van der Waals surface area contributed by atoms with E-state index in [1.54, 1.807) is 18.2 Å². The van der Waals surface area contributed by atoms with Crippen molar-refractivity contribution in [3.63, 3.8) is 0 Å². The summed E-state index contributed by atoms with van der Waals surface area (Å²) in [5.74, 6) is -0.320. The van der Waals surface area contributed by atoms with Crippen LogP contribution in [0, 0.1) is 25.2 Å². The van der Waals surface area contributed by atoms with Crippen LogP contribution in [0.2, 0.25) is 0 Å². The van der Waals surface area contributed by atoms with Crippen LogP contribution < -0.4 is 5.32 Å². The van der Waals surface area contributed by atoms with Crippen LogP contribution in [-0.4, -0.2) is 11.0 Å². The zero-order valence-electron chi connectivity index (χ0n) is 12.4. The summed E-state index contributed by atoms with van der Waals surface area (Å²) < 4.78 is 0. The van der Waals surface area contributed by atoms with E-state index in [9.17, 15) is 15.2 Å². The number of amides is 1. The second kappa shape index (κ2) is 6.59. The Labute approximate surface area is 129 Å². The van der Waals surface area contributed by atoms with Crippen LogP contribution in [0.1, 0.15) is 16.7 Å². The number of aromatic hydroxyl groups is 1. The van der Waals surface area contributed by atoms with Crippen molar-refractivity contribution in [2.24, 2.45) is 0 Å². The van der Waals surface area contributed by atoms with E-state index in [0.717, 1.165) is 11.1 Å². The highest BCUT2D eigenvalue weighted by atomic mass is 16.3. The molecule has 0 spiro atoms. The van der Waals surface area contributed by atoms with Crippen molar-refractivity contribution in [2.75, 3.05) is 5.32 Å². The van der Waals surface area contributed by atoms with E-state index in [0.29, 0.717) is 11.3 Å². The van der Waals surface area contributed by atoms with Crippen LogP contribution in [0.15, 0.2) is 48.0 Å². The molecule has 0 heterocycles. The number of rotatable bonds is 3. The van der Waals surface area contributed by atoms with Gasteiger partial charge in [0.1, 0.15) is 17.4 Å². The molecular formula is C18H16N2O2. The predicted molar refractivity (Wildman–Crippen MR) is 86.2 cm³/mol. The molecule has 0 radical (unpaired) electrons. The van der Waals surface area contributed by atoms with Crippen molar-refractivity contribution in [3.8, 4) is 11.8 Å². The van der Waals surface area contributed by atoms with Crippen LogP contribution in [0.5, 0.6) is 5.75 Å². The molecular weight excluding hydrogens is 276 g/mol. The number of nitrogens with zero attached hydrogens (tertiary/aromatic N) is 1. The highest BCUT2D eigenvalue weighted by molar-refractivity contribution is 6.10. The largest absolute Gasteiger partial charge is 0.508 e. The minimum absolute atomic E-state index is 0.00611. The molecule has 2 aromatic rings. The Kier molecular flexibility index (Phi) is 4.60. The number of nitriles is 1. The van der Waals surface area contributed by atoms with Crippen molar-refractivity contribution >= 4 is 17.7 Å². The zero-order chi connectivity index (χ0) is 16.1. The van der Waals surface area contributed by atoms with Gasteiger partial charge in [-0.2, -0.15) is 5.26 Å². The average Bonchev–Trinajstić information content (AvgIpc) is 2.51. The Balaban J connectivity index is 2.24. The molecule has 2 rings (SSSR count). The third kappa shape index (κ3) is 3.53. The minimum atomic E-state index is -0.454. The number of aryl methyl sites for hydroxylation is 1. The minimum Gasteiger partial charge on any atom is -0.508 e. The maximum atomic E-state index is 12.2. The van der Waals surface area contributed by atoms with E-state index in [-0.39, 0.29) is 11.3 Å². The van der Waals surface area contributed by atoms with Crippen LogP contribution in [-0.2, 0) is 4.79 Å².